The largest absolute Gasteiger partial charge is 0.442 e. The molecule has 53 heavy (non-hydrogen) atoms. The van der Waals surface area contributed by atoms with E-state index in [2.05, 4.69) is 26.3 Å². The third-order valence-electron chi connectivity index (χ3n) is 10.0. The Balaban J connectivity index is 0.922. The van der Waals surface area contributed by atoms with E-state index in [0.29, 0.717) is 67.7 Å². The number of rotatable bonds is 9. The third-order valence-corrected chi connectivity index (χ3v) is 10.0. The zero-order chi connectivity index (χ0) is 36.6. The van der Waals surface area contributed by atoms with Gasteiger partial charge in [0.2, 0.25) is 0 Å². The second-order valence-electron chi connectivity index (χ2n) is 13.4. The van der Waals surface area contributed by atoms with Crippen LogP contribution in [-0.2, 0) is 17.8 Å². The number of anilines is 2. The summed E-state index contributed by atoms with van der Waals surface area (Å²) in [6, 6.07) is 24.5. The van der Waals surface area contributed by atoms with Crippen LogP contribution in [0.25, 0.3) is 28.3 Å². The molecule has 1 atom stereocenters. The smallest absolute Gasteiger partial charge is 0.414 e. The van der Waals surface area contributed by atoms with Crippen molar-refractivity contribution in [3.05, 3.63) is 132 Å². The van der Waals surface area contributed by atoms with Crippen molar-refractivity contribution in [1.82, 2.24) is 29.4 Å². The molecule has 2 aliphatic rings. The highest BCUT2D eigenvalue weighted by Gasteiger charge is 2.34. The molecule has 10 nitrogen and oxygen atoms in total. The SMILES string of the molecule is Cc1ccccc1-c1cc(CN2CCN(c3ccc(N4C[C@H](Cn5cc(-c6ccccn6)nn5)OC4=O)cc3F)CC2)c(C)n1-c1ccc(F)c(F)c1. The van der Waals surface area contributed by atoms with Crippen molar-refractivity contribution in [2.75, 3.05) is 42.5 Å². The van der Waals surface area contributed by atoms with Crippen LogP contribution in [0.2, 0.25) is 0 Å². The molecule has 6 aromatic rings. The molecule has 0 radical (unpaired) electrons. The fourth-order valence-electron chi connectivity index (χ4n) is 7.20. The van der Waals surface area contributed by atoms with E-state index in [-0.39, 0.29) is 6.54 Å². The number of amides is 1. The number of carbonyl (C=O) groups excluding carboxylic acids is 1. The summed E-state index contributed by atoms with van der Waals surface area (Å²) < 4.78 is 53.1. The van der Waals surface area contributed by atoms with Gasteiger partial charge in [-0.25, -0.2) is 22.6 Å². The molecule has 270 valence electrons. The standard InChI is InChI=1S/C40H37F3N8O2/c1-26-7-3-4-8-32(26)39-19-28(27(2)51(39)30-10-12-33(41)34(42)21-30)22-47-15-17-48(18-16-47)38-13-11-29(20-35(38)43)50-24-31(53-40(50)52)23-49-25-37(45-46-49)36-9-5-6-14-44-36/h3-14,19-21,25,31H,15-18,22-24H2,1-2H3/t31-/m0/s1. The van der Waals surface area contributed by atoms with Gasteiger partial charge in [-0.2, -0.15) is 0 Å². The highest BCUT2D eigenvalue weighted by Crippen LogP contribution is 2.34. The molecule has 0 spiro atoms. The van der Waals surface area contributed by atoms with Crippen molar-refractivity contribution in [2.24, 2.45) is 0 Å². The van der Waals surface area contributed by atoms with Crippen LogP contribution in [0.15, 0.2) is 97.3 Å². The molecule has 0 unspecified atom stereocenters. The van der Waals surface area contributed by atoms with Gasteiger partial charge in [0.25, 0.3) is 0 Å². The molecule has 3 aromatic carbocycles. The van der Waals surface area contributed by atoms with Gasteiger partial charge in [0, 0.05) is 61.9 Å². The first kappa shape index (κ1) is 34.2. The lowest BCUT2D eigenvalue weighted by Crippen LogP contribution is -2.46. The normalized spacial score (nSPS) is 16.4. The van der Waals surface area contributed by atoms with Gasteiger partial charge >= 0.3 is 6.09 Å². The summed E-state index contributed by atoms with van der Waals surface area (Å²) >= 11 is 0. The minimum absolute atomic E-state index is 0.248. The molecule has 5 heterocycles. The summed E-state index contributed by atoms with van der Waals surface area (Å²) in [5.41, 5.74) is 7.78. The van der Waals surface area contributed by atoms with Gasteiger partial charge in [-0.05, 0) is 73.5 Å². The number of aromatic nitrogens is 5. The Labute approximate surface area is 304 Å². The first-order chi connectivity index (χ1) is 25.7. The number of halogens is 3. The number of pyridine rings is 1. The lowest BCUT2D eigenvalue weighted by molar-refractivity contribution is 0.129. The van der Waals surface area contributed by atoms with Crippen LogP contribution in [0.4, 0.5) is 29.3 Å². The Hall–Kier alpha value is -5.95. The summed E-state index contributed by atoms with van der Waals surface area (Å²) in [5, 5.41) is 8.32. The highest BCUT2D eigenvalue weighted by molar-refractivity contribution is 5.90. The molecule has 0 bridgehead atoms. The molecular formula is C40H37F3N8O2. The van der Waals surface area contributed by atoms with Gasteiger partial charge in [-0.3, -0.25) is 14.8 Å². The van der Waals surface area contributed by atoms with E-state index in [9.17, 15) is 13.6 Å². The Morgan fingerprint density at radius 3 is 2.34 bits per heavy atom. The second-order valence-corrected chi connectivity index (χ2v) is 13.4. The highest BCUT2D eigenvalue weighted by atomic mass is 19.2. The molecule has 2 fully saturated rings. The molecule has 0 saturated carbocycles. The third kappa shape index (κ3) is 6.87. The molecule has 13 heteroatoms. The number of ether oxygens (including phenoxy) is 1. The number of aryl methyl sites for hydroxylation is 1. The molecule has 0 N–H and O–H groups in total. The maximum Gasteiger partial charge on any atom is 0.414 e. The molecular weight excluding hydrogens is 681 g/mol. The summed E-state index contributed by atoms with van der Waals surface area (Å²) in [6.45, 7) is 7.83. The van der Waals surface area contributed by atoms with E-state index >= 15 is 4.39 Å². The number of nitrogens with zero attached hydrogens (tertiary/aromatic N) is 8. The fourth-order valence-corrected chi connectivity index (χ4v) is 7.20. The Morgan fingerprint density at radius 1 is 0.811 bits per heavy atom. The maximum absolute atomic E-state index is 15.7. The predicted molar refractivity (Wildman–Crippen MR) is 195 cm³/mol. The molecule has 0 aliphatic carbocycles. The summed E-state index contributed by atoms with van der Waals surface area (Å²) in [5.74, 6) is -2.19. The number of hydrogen-bond donors (Lipinski definition) is 0. The van der Waals surface area contributed by atoms with Gasteiger partial charge < -0.3 is 14.2 Å². The van der Waals surface area contributed by atoms with Gasteiger partial charge in [0.05, 0.1) is 42.0 Å². The molecule has 3 aromatic heterocycles. The van der Waals surface area contributed by atoms with Crippen molar-refractivity contribution in [2.45, 2.75) is 33.0 Å². The second kappa shape index (κ2) is 14.2. The topological polar surface area (TPSA) is 84.6 Å². The van der Waals surface area contributed by atoms with Gasteiger partial charge in [0.15, 0.2) is 11.6 Å². The first-order valence-electron chi connectivity index (χ1n) is 17.5. The molecule has 1 amide bonds. The van der Waals surface area contributed by atoms with Gasteiger partial charge in [-0.15, -0.1) is 5.10 Å². The monoisotopic (exact) mass is 718 g/mol. The number of hydrogen-bond acceptors (Lipinski definition) is 7. The van der Waals surface area contributed by atoms with Crippen molar-refractivity contribution in [3.63, 3.8) is 0 Å². The number of piperazine rings is 1. The lowest BCUT2D eigenvalue weighted by Gasteiger charge is -2.36. The average Bonchev–Trinajstić information content (AvgIpc) is 3.87. The number of carbonyl (C=O) groups is 1. The Bertz CT molecular complexity index is 2280. The van der Waals surface area contributed by atoms with Crippen LogP contribution in [0, 0.1) is 31.3 Å². The zero-order valence-electron chi connectivity index (χ0n) is 29.3. The van der Waals surface area contributed by atoms with Crippen LogP contribution in [0.3, 0.4) is 0 Å². The van der Waals surface area contributed by atoms with Crippen LogP contribution in [-0.4, -0.2) is 74.4 Å². The quantitative estimate of drug-likeness (QED) is 0.157. The Kier molecular flexibility index (Phi) is 9.17. The summed E-state index contributed by atoms with van der Waals surface area (Å²) in [4.78, 5) is 22.9. The minimum Gasteiger partial charge on any atom is -0.442 e. The van der Waals surface area contributed by atoms with Gasteiger partial charge in [-0.1, -0.05) is 35.5 Å². The van der Waals surface area contributed by atoms with Crippen molar-refractivity contribution in [3.8, 4) is 28.3 Å². The van der Waals surface area contributed by atoms with Crippen LogP contribution < -0.4 is 9.80 Å². The zero-order valence-corrected chi connectivity index (χ0v) is 29.3. The van der Waals surface area contributed by atoms with Crippen molar-refractivity contribution in [1.29, 1.82) is 0 Å². The molecule has 2 saturated heterocycles. The maximum atomic E-state index is 15.7. The van der Waals surface area contributed by atoms with Crippen LogP contribution in [0.1, 0.15) is 16.8 Å². The van der Waals surface area contributed by atoms with E-state index in [1.807, 2.05) is 65.8 Å². The van der Waals surface area contributed by atoms with Crippen LogP contribution >= 0.6 is 0 Å². The number of benzene rings is 3. The summed E-state index contributed by atoms with van der Waals surface area (Å²) in [7, 11) is 0. The fraction of sp³-hybridized carbons (Fsp3) is 0.250. The van der Waals surface area contributed by atoms with E-state index in [4.69, 9.17) is 4.74 Å². The Morgan fingerprint density at radius 2 is 1.58 bits per heavy atom. The van der Waals surface area contributed by atoms with Crippen LogP contribution in [0.5, 0.6) is 0 Å². The number of cyclic esters (lactones) is 1. The van der Waals surface area contributed by atoms with E-state index < -0.39 is 29.6 Å². The predicted octanol–water partition coefficient (Wildman–Crippen LogP) is 7.18. The molecule has 2 aliphatic heterocycles. The van der Waals surface area contributed by atoms with E-state index in [0.717, 1.165) is 34.1 Å². The average molecular weight is 719 g/mol. The van der Waals surface area contributed by atoms with E-state index in [1.165, 1.54) is 17.0 Å². The molecule has 8 rings (SSSR count). The van der Waals surface area contributed by atoms with Crippen molar-refractivity contribution >= 4 is 17.5 Å². The van der Waals surface area contributed by atoms with Gasteiger partial charge in [0.1, 0.15) is 17.6 Å². The van der Waals surface area contributed by atoms with Crippen molar-refractivity contribution < 1.29 is 22.7 Å². The first-order valence-corrected chi connectivity index (χ1v) is 17.5. The lowest BCUT2D eigenvalue weighted by atomic mass is 10.1. The minimum atomic E-state index is -0.895. The van der Waals surface area contributed by atoms with E-state index in [1.54, 1.807) is 35.3 Å². The summed E-state index contributed by atoms with van der Waals surface area (Å²) in [6.07, 6.45) is 2.41.